The fraction of sp³-hybridized carbons (Fsp3) is 1.00. The van der Waals surface area contributed by atoms with Gasteiger partial charge in [0.1, 0.15) is 0 Å². The third kappa shape index (κ3) is 2.43. The second-order valence-corrected chi connectivity index (χ2v) is 7.12. The van der Waals surface area contributed by atoms with E-state index < -0.39 is 0 Å². The van der Waals surface area contributed by atoms with E-state index in [2.05, 4.69) is 34.6 Å². The van der Waals surface area contributed by atoms with Gasteiger partial charge in [-0.3, -0.25) is 0 Å². The first-order valence-electron chi connectivity index (χ1n) is 6.57. The van der Waals surface area contributed by atoms with Crippen molar-refractivity contribution in [1.82, 2.24) is 0 Å². The van der Waals surface area contributed by atoms with Gasteiger partial charge in [0.15, 0.2) is 5.79 Å². The first-order chi connectivity index (χ1) is 7.23. The molecule has 0 radical (unpaired) electrons. The van der Waals surface area contributed by atoms with E-state index in [9.17, 15) is 0 Å². The Bertz CT molecular complexity index is 270. The summed E-state index contributed by atoms with van der Waals surface area (Å²) in [4.78, 5) is 0. The summed E-state index contributed by atoms with van der Waals surface area (Å²) in [6.07, 6.45) is 5.11. The molecule has 1 aliphatic carbocycles. The monoisotopic (exact) mass is 226 g/mol. The van der Waals surface area contributed by atoms with Crippen LogP contribution in [0.25, 0.3) is 0 Å². The Morgan fingerprint density at radius 2 is 1.75 bits per heavy atom. The van der Waals surface area contributed by atoms with Crippen LogP contribution in [0.1, 0.15) is 60.3 Å². The number of rotatable bonds is 1. The van der Waals surface area contributed by atoms with Crippen LogP contribution in [-0.2, 0) is 9.47 Å². The lowest BCUT2D eigenvalue weighted by Gasteiger charge is -2.42. The van der Waals surface area contributed by atoms with Gasteiger partial charge < -0.3 is 9.47 Å². The zero-order valence-electron chi connectivity index (χ0n) is 11.4. The van der Waals surface area contributed by atoms with Crippen LogP contribution in [0.15, 0.2) is 0 Å². The molecule has 1 heterocycles. The Hall–Kier alpha value is -0.0800. The SMILES string of the molecule is CC1(C)CCCC(C2(C)OCC(C)(C)O2)C1. The van der Waals surface area contributed by atoms with E-state index in [1.54, 1.807) is 0 Å². The molecule has 0 spiro atoms. The van der Waals surface area contributed by atoms with Gasteiger partial charge in [0.05, 0.1) is 12.2 Å². The van der Waals surface area contributed by atoms with E-state index in [-0.39, 0.29) is 11.4 Å². The molecule has 2 unspecified atom stereocenters. The number of hydrogen-bond donors (Lipinski definition) is 0. The summed E-state index contributed by atoms with van der Waals surface area (Å²) >= 11 is 0. The summed E-state index contributed by atoms with van der Waals surface area (Å²) in [7, 11) is 0. The standard InChI is InChI=1S/C14H26O2/c1-12(2)8-6-7-11(9-12)14(5)15-10-13(3,4)16-14/h11H,6-10H2,1-5H3. The number of ether oxygens (including phenoxy) is 2. The molecule has 2 heteroatoms. The average Bonchev–Trinajstić information content (AvgIpc) is 2.40. The molecular formula is C14H26O2. The summed E-state index contributed by atoms with van der Waals surface area (Å²) in [5, 5.41) is 0. The molecule has 2 aliphatic rings. The van der Waals surface area contributed by atoms with Gasteiger partial charge in [0.25, 0.3) is 0 Å². The van der Waals surface area contributed by atoms with Crippen LogP contribution in [0.2, 0.25) is 0 Å². The molecule has 1 saturated carbocycles. The Balaban J connectivity index is 2.07. The van der Waals surface area contributed by atoms with Crippen molar-refractivity contribution >= 4 is 0 Å². The normalized spacial score (nSPS) is 42.2. The summed E-state index contributed by atoms with van der Waals surface area (Å²) < 4.78 is 12.1. The Morgan fingerprint density at radius 3 is 2.25 bits per heavy atom. The van der Waals surface area contributed by atoms with Crippen LogP contribution in [-0.4, -0.2) is 18.0 Å². The highest BCUT2D eigenvalue weighted by Crippen LogP contribution is 2.47. The van der Waals surface area contributed by atoms with Crippen LogP contribution in [0.3, 0.4) is 0 Å². The number of hydrogen-bond acceptors (Lipinski definition) is 2. The molecule has 0 N–H and O–H groups in total. The van der Waals surface area contributed by atoms with Crippen molar-refractivity contribution in [2.75, 3.05) is 6.61 Å². The van der Waals surface area contributed by atoms with Gasteiger partial charge in [-0.05, 0) is 45.4 Å². The van der Waals surface area contributed by atoms with E-state index in [0.29, 0.717) is 11.3 Å². The molecule has 0 aromatic carbocycles. The van der Waals surface area contributed by atoms with Crippen molar-refractivity contribution < 1.29 is 9.47 Å². The van der Waals surface area contributed by atoms with Crippen molar-refractivity contribution in [3.05, 3.63) is 0 Å². The summed E-state index contributed by atoms with van der Waals surface area (Å²) in [5.41, 5.74) is 0.335. The van der Waals surface area contributed by atoms with Gasteiger partial charge in [-0.2, -0.15) is 0 Å². The second-order valence-electron chi connectivity index (χ2n) is 7.12. The van der Waals surface area contributed by atoms with Crippen LogP contribution in [0, 0.1) is 11.3 Å². The maximum atomic E-state index is 6.15. The smallest absolute Gasteiger partial charge is 0.169 e. The van der Waals surface area contributed by atoms with Crippen molar-refractivity contribution in [2.45, 2.75) is 71.7 Å². The molecule has 2 fully saturated rings. The van der Waals surface area contributed by atoms with Crippen molar-refractivity contribution in [2.24, 2.45) is 11.3 Å². The van der Waals surface area contributed by atoms with Crippen molar-refractivity contribution in [3.63, 3.8) is 0 Å². The van der Waals surface area contributed by atoms with Gasteiger partial charge >= 0.3 is 0 Å². The zero-order valence-corrected chi connectivity index (χ0v) is 11.4. The Kier molecular flexibility index (Phi) is 2.87. The second kappa shape index (κ2) is 3.71. The molecule has 16 heavy (non-hydrogen) atoms. The first-order valence-corrected chi connectivity index (χ1v) is 6.57. The predicted octanol–water partition coefficient (Wildman–Crippen LogP) is 3.74. The summed E-state index contributed by atoms with van der Waals surface area (Å²) in [6, 6.07) is 0. The van der Waals surface area contributed by atoms with Crippen LogP contribution in [0.5, 0.6) is 0 Å². The first kappa shape index (κ1) is 12.4. The molecule has 2 rings (SSSR count). The highest BCUT2D eigenvalue weighted by molar-refractivity contribution is 4.91. The molecule has 0 amide bonds. The Morgan fingerprint density at radius 1 is 1.06 bits per heavy atom. The maximum absolute atomic E-state index is 6.15. The molecule has 2 nitrogen and oxygen atoms in total. The minimum atomic E-state index is -0.346. The van der Waals surface area contributed by atoms with E-state index in [1.807, 2.05) is 0 Å². The van der Waals surface area contributed by atoms with Crippen LogP contribution < -0.4 is 0 Å². The highest BCUT2D eigenvalue weighted by atomic mass is 16.8. The summed E-state index contributed by atoms with van der Waals surface area (Å²) in [6.45, 7) is 11.8. The average molecular weight is 226 g/mol. The largest absolute Gasteiger partial charge is 0.347 e. The molecule has 0 bridgehead atoms. The Labute approximate surface area is 99.7 Å². The third-order valence-electron chi connectivity index (χ3n) is 4.13. The van der Waals surface area contributed by atoms with Crippen LogP contribution in [0.4, 0.5) is 0 Å². The van der Waals surface area contributed by atoms with Gasteiger partial charge in [-0.1, -0.05) is 20.3 Å². The topological polar surface area (TPSA) is 18.5 Å². The van der Waals surface area contributed by atoms with Crippen molar-refractivity contribution in [3.8, 4) is 0 Å². The van der Waals surface area contributed by atoms with E-state index in [0.717, 1.165) is 6.61 Å². The van der Waals surface area contributed by atoms with Crippen molar-refractivity contribution in [1.29, 1.82) is 0 Å². The molecule has 1 saturated heterocycles. The molecule has 2 atom stereocenters. The fourth-order valence-corrected chi connectivity index (χ4v) is 3.27. The maximum Gasteiger partial charge on any atom is 0.169 e. The molecule has 1 aliphatic heterocycles. The summed E-state index contributed by atoms with van der Waals surface area (Å²) in [5.74, 6) is 0.208. The van der Waals surface area contributed by atoms with Crippen LogP contribution >= 0.6 is 0 Å². The predicted molar refractivity (Wildman–Crippen MR) is 65.3 cm³/mol. The quantitative estimate of drug-likeness (QED) is 0.678. The highest BCUT2D eigenvalue weighted by Gasteiger charge is 2.49. The lowest BCUT2D eigenvalue weighted by atomic mass is 9.70. The van der Waals surface area contributed by atoms with E-state index in [1.165, 1.54) is 25.7 Å². The molecule has 94 valence electrons. The minimum Gasteiger partial charge on any atom is -0.347 e. The fourth-order valence-electron chi connectivity index (χ4n) is 3.27. The van der Waals surface area contributed by atoms with Gasteiger partial charge in [0, 0.05) is 5.92 Å². The van der Waals surface area contributed by atoms with Gasteiger partial charge in [-0.25, -0.2) is 0 Å². The zero-order chi connectivity index (χ0) is 12.0. The molecular weight excluding hydrogens is 200 g/mol. The minimum absolute atomic E-state index is 0.115. The lowest BCUT2D eigenvalue weighted by molar-refractivity contribution is -0.215. The van der Waals surface area contributed by atoms with Gasteiger partial charge in [0.2, 0.25) is 0 Å². The molecule has 0 aromatic heterocycles. The van der Waals surface area contributed by atoms with E-state index >= 15 is 0 Å². The van der Waals surface area contributed by atoms with E-state index in [4.69, 9.17) is 9.47 Å². The third-order valence-corrected chi connectivity index (χ3v) is 4.13. The molecule has 0 aromatic rings. The van der Waals surface area contributed by atoms with Gasteiger partial charge in [-0.15, -0.1) is 0 Å². The lowest BCUT2D eigenvalue weighted by Crippen LogP contribution is -2.42.